The van der Waals surface area contributed by atoms with Crippen LogP contribution in [0.1, 0.15) is 66.2 Å². The van der Waals surface area contributed by atoms with Gasteiger partial charge in [0.1, 0.15) is 0 Å². The van der Waals surface area contributed by atoms with Crippen LogP contribution in [-0.4, -0.2) is 5.48 Å². The van der Waals surface area contributed by atoms with Crippen molar-refractivity contribution < 1.29 is 44.0 Å². The highest BCUT2D eigenvalue weighted by Gasteiger charge is 1.83. The molecule has 0 saturated carbocycles. The number of phosphoric acid groups is 2. The highest BCUT2D eigenvalue weighted by Crippen LogP contribution is 2.04. The smallest absolute Gasteiger partial charge is 0.0533 e. The minimum atomic E-state index is -5.39. The Bertz CT molecular complexity index is 206. The molecule has 0 unspecified atom stereocenters. The monoisotopic (exact) mass is 352 g/mol. The van der Waals surface area contributed by atoms with Crippen LogP contribution >= 0.6 is 15.6 Å². The van der Waals surface area contributed by atoms with Gasteiger partial charge in [-0.05, 0) is 0 Å². The second kappa shape index (κ2) is 22.5. The molecule has 0 aliphatic carbocycles. The summed E-state index contributed by atoms with van der Waals surface area (Å²) in [5, 5.41) is 0. The molecule has 0 aromatic carbocycles. The fourth-order valence-corrected chi connectivity index (χ4v) is 0.854. The van der Waals surface area contributed by atoms with Crippen molar-refractivity contribution in [2.24, 2.45) is 0 Å². The van der Waals surface area contributed by atoms with Crippen LogP contribution in [0, 0.1) is 0 Å². The van der Waals surface area contributed by atoms with Gasteiger partial charge >= 0.3 is 0 Å². The third-order valence-corrected chi connectivity index (χ3v) is 1.46. The van der Waals surface area contributed by atoms with E-state index in [1.165, 1.54) is 38.5 Å². The lowest BCUT2D eigenvalue weighted by atomic mass is 10.1. The summed E-state index contributed by atoms with van der Waals surface area (Å²) in [7, 11) is -10.8. The molecule has 0 aliphatic heterocycles. The van der Waals surface area contributed by atoms with Crippen LogP contribution in [0.25, 0.3) is 0 Å². The van der Waals surface area contributed by atoms with Crippen LogP contribution in [0.3, 0.4) is 0 Å². The predicted molar refractivity (Wildman–Crippen MR) is 69.2 cm³/mol. The maximum atomic E-state index is 8.55. The lowest BCUT2D eigenvalue weighted by Gasteiger charge is -2.36. The van der Waals surface area contributed by atoms with E-state index < -0.39 is 15.6 Å². The summed E-state index contributed by atoms with van der Waals surface area (Å²) < 4.78 is 17.1. The molecule has 0 fully saturated rings. The number of rotatable bonds is 5. The van der Waals surface area contributed by atoms with Gasteiger partial charge < -0.3 is 44.0 Å². The first-order valence-corrected chi connectivity index (χ1v) is 9.30. The molecule has 0 saturated heterocycles. The van der Waals surface area contributed by atoms with E-state index in [1.807, 2.05) is 13.8 Å². The van der Waals surface area contributed by atoms with Crippen molar-refractivity contribution in [1.82, 2.24) is 0 Å². The topological polar surface area (TPSA) is 204 Å². The summed E-state index contributed by atoms with van der Waals surface area (Å²) in [6.07, 6.45) is 8.49. The van der Waals surface area contributed by atoms with Crippen molar-refractivity contribution >= 4 is 15.6 Å². The average molecular weight is 352 g/mol. The SMILES string of the molecule is CC.CCCCCCCC.O.O=P([O-])([O-])[O-].O=P([O-])([O-])[O-]. The molecule has 21 heavy (non-hydrogen) atoms. The van der Waals surface area contributed by atoms with Gasteiger partial charge in [-0.15, -0.1) is 0 Å². The molecule has 0 rings (SSSR count). The summed E-state index contributed by atoms with van der Waals surface area (Å²) >= 11 is 0. The molecule has 0 aromatic heterocycles. The molecule has 2 N–H and O–H groups in total. The zero-order chi connectivity index (χ0) is 17.2. The van der Waals surface area contributed by atoms with Gasteiger partial charge in [0, 0.05) is 0 Å². The predicted octanol–water partition coefficient (Wildman–Crippen LogP) is -2.08. The normalized spacial score (nSPS) is 9.62. The van der Waals surface area contributed by atoms with Gasteiger partial charge in [-0.2, -0.15) is 15.6 Å². The number of unbranched alkanes of at least 4 members (excludes halogenated alkanes) is 5. The molecule has 11 heteroatoms. The van der Waals surface area contributed by atoms with E-state index in [0.29, 0.717) is 0 Å². The Hall–Kier alpha value is 0.180. The molecule has 0 bridgehead atoms. The number of hydrogen-bond acceptors (Lipinski definition) is 8. The Morgan fingerprint density at radius 2 is 0.762 bits per heavy atom. The summed E-state index contributed by atoms with van der Waals surface area (Å²) in [5.41, 5.74) is 0. The first kappa shape index (κ1) is 32.9. The third-order valence-electron chi connectivity index (χ3n) is 1.46. The molecular weight excluding hydrogens is 326 g/mol. The molecule has 0 aliphatic rings. The van der Waals surface area contributed by atoms with Crippen LogP contribution < -0.4 is 29.4 Å². The Morgan fingerprint density at radius 1 is 0.619 bits per heavy atom. The van der Waals surface area contributed by atoms with Gasteiger partial charge in [0.05, 0.1) is 0 Å². The van der Waals surface area contributed by atoms with Crippen molar-refractivity contribution in [1.29, 1.82) is 0 Å². The number of hydrogen-bond donors (Lipinski definition) is 0. The lowest BCUT2D eigenvalue weighted by molar-refractivity contribution is -0.434. The van der Waals surface area contributed by atoms with E-state index in [4.69, 9.17) is 38.5 Å². The summed E-state index contributed by atoms with van der Waals surface area (Å²) in [6, 6.07) is 0. The second-order valence-electron chi connectivity index (χ2n) is 3.31. The minimum absolute atomic E-state index is 0. The Morgan fingerprint density at radius 3 is 0.857 bits per heavy atom. The van der Waals surface area contributed by atoms with E-state index in [1.54, 1.807) is 0 Å². The second-order valence-corrected chi connectivity index (χ2v) is 5.10. The molecule has 0 heterocycles. The quantitative estimate of drug-likeness (QED) is 0.395. The minimum Gasteiger partial charge on any atom is -0.822 e. The van der Waals surface area contributed by atoms with Crippen molar-refractivity contribution in [2.45, 2.75) is 66.2 Å². The Labute approximate surface area is 126 Å². The van der Waals surface area contributed by atoms with Gasteiger partial charge in [-0.3, -0.25) is 0 Å². The standard InChI is InChI=1S/C8H18.C2H6.2H3O4P.H2O/c1-3-5-7-8-6-4-2;1-2;2*1-5(2,3)4;/h3-8H2,1-2H3;1-2H3;2*(H3,1,2,3,4);1H2/p-6. The molecule has 0 aromatic rings. The molecule has 136 valence electrons. The molecule has 0 spiro atoms. The fraction of sp³-hybridized carbons (Fsp3) is 1.00. The van der Waals surface area contributed by atoms with Crippen LogP contribution in [0.4, 0.5) is 0 Å². The van der Waals surface area contributed by atoms with Gasteiger partial charge in [-0.25, -0.2) is 0 Å². The van der Waals surface area contributed by atoms with Gasteiger partial charge in [0.15, 0.2) is 0 Å². The highest BCUT2D eigenvalue weighted by atomic mass is 31.2. The Kier molecular flexibility index (Phi) is 35.2. The lowest BCUT2D eigenvalue weighted by Crippen LogP contribution is -2.24. The largest absolute Gasteiger partial charge is 0.822 e. The van der Waals surface area contributed by atoms with Crippen molar-refractivity contribution in [3.8, 4) is 0 Å². The van der Waals surface area contributed by atoms with Crippen LogP contribution in [-0.2, 0) is 9.13 Å². The van der Waals surface area contributed by atoms with Gasteiger partial charge in [-0.1, -0.05) is 66.2 Å². The van der Waals surface area contributed by atoms with E-state index in [-0.39, 0.29) is 5.48 Å². The maximum Gasteiger partial charge on any atom is -0.0533 e. The van der Waals surface area contributed by atoms with E-state index >= 15 is 0 Å². The summed E-state index contributed by atoms with van der Waals surface area (Å²) in [6.45, 7) is 8.51. The average Bonchev–Trinajstić information content (AvgIpc) is 2.23. The maximum absolute atomic E-state index is 8.55. The van der Waals surface area contributed by atoms with Gasteiger partial charge in [0.25, 0.3) is 0 Å². The first-order valence-electron chi connectivity index (χ1n) is 6.37. The zero-order valence-corrected chi connectivity index (χ0v) is 14.7. The van der Waals surface area contributed by atoms with Gasteiger partial charge in [0.2, 0.25) is 0 Å². The zero-order valence-electron chi connectivity index (χ0n) is 12.9. The molecular formula is C10H26O9P2-6. The Balaban J connectivity index is -0.0000000582. The summed E-state index contributed by atoms with van der Waals surface area (Å²) in [4.78, 5) is 51.3. The first-order chi connectivity index (χ1) is 8.91. The highest BCUT2D eigenvalue weighted by molar-refractivity contribution is 7.40. The molecule has 0 amide bonds. The van der Waals surface area contributed by atoms with Crippen LogP contribution in [0.15, 0.2) is 0 Å². The van der Waals surface area contributed by atoms with Crippen molar-refractivity contribution in [2.75, 3.05) is 0 Å². The van der Waals surface area contributed by atoms with Crippen molar-refractivity contribution in [3.05, 3.63) is 0 Å². The molecule has 0 radical (unpaired) electrons. The van der Waals surface area contributed by atoms with Crippen molar-refractivity contribution in [3.63, 3.8) is 0 Å². The molecule has 0 atom stereocenters. The third kappa shape index (κ3) is 249. The van der Waals surface area contributed by atoms with E-state index in [0.717, 1.165) is 0 Å². The molecule has 9 nitrogen and oxygen atoms in total. The van der Waals surface area contributed by atoms with E-state index in [2.05, 4.69) is 13.8 Å². The van der Waals surface area contributed by atoms with Crippen LogP contribution in [0.5, 0.6) is 0 Å². The summed E-state index contributed by atoms with van der Waals surface area (Å²) in [5.74, 6) is 0. The fourth-order valence-electron chi connectivity index (χ4n) is 0.854. The van der Waals surface area contributed by atoms with E-state index in [9.17, 15) is 0 Å². The van der Waals surface area contributed by atoms with Crippen LogP contribution in [0.2, 0.25) is 0 Å².